The minimum absolute atomic E-state index is 0.0103. The molecule has 2 spiro atoms. The Morgan fingerprint density at radius 2 is 0.413 bits per heavy atom. The van der Waals surface area contributed by atoms with Crippen molar-refractivity contribution in [2.45, 2.75) is 558 Å². The number of fused-ring (bicyclic) bond motifs is 1. The molecule has 1 aromatic carbocycles. The maximum Gasteiger partial charge on any atom is 0.175 e. The van der Waals surface area contributed by atoms with E-state index in [1.54, 1.807) is 0 Å². The van der Waals surface area contributed by atoms with E-state index >= 15 is 0 Å². The molecule has 0 aromatic heterocycles. The van der Waals surface area contributed by atoms with Crippen LogP contribution in [0.5, 0.6) is 0 Å². The lowest BCUT2D eigenvalue weighted by molar-refractivity contribution is -0.254. The monoisotopic (exact) mass is 1450 g/mol. The van der Waals surface area contributed by atoms with E-state index in [4.69, 9.17) is 9.47 Å². The molecule has 1 aromatic rings. The molecule has 4 heteroatoms. The van der Waals surface area contributed by atoms with Gasteiger partial charge in [-0.25, -0.2) is 0 Å². The van der Waals surface area contributed by atoms with Crippen LogP contribution in [0, 0.1) is 5.41 Å². The van der Waals surface area contributed by atoms with Crippen molar-refractivity contribution in [2.75, 3.05) is 39.4 Å². The average molecular weight is 1450 g/mol. The maximum absolute atomic E-state index is 7.38. The van der Waals surface area contributed by atoms with Gasteiger partial charge in [0.25, 0.3) is 0 Å². The molecule has 1 aliphatic carbocycles. The summed E-state index contributed by atoms with van der Waals surface area (Å²) in [5, 5.41) is 3.93. The van der Waals surface area contributed by atoms with Gasteiger partial charge in [-0.3, -0.25) is 4.90 Å². The van der Waals surface area contributed by atoms with Crippen molar-refractivity contribution in [1.82, 2.24) is 10.2 Å². The summed E-state index contributed by atoms with van der Waals surface area (Å²) in [5.74, 6) is -0.476. The van der Waals surface area contributed by atoms with Gasteiger partial charge in [-0.05, 0) is 63.7 Å². The fraction of sp³-hybridized carbons (Fsp3) is 0.940. The second-order valence-corrected chi connectivity index (χ2v) is 35.9. The van der Waals surface area contributed by atoms with Crippen LogP contribution in [0.2, 0.25) is 0 Å². The first-order chi connectivity index (χ1) is 51.8. The summed E-state index contributed by atoms with van der Waals surface area (Å²) in [6, 6.07) is 11.6. The molecule has 1 N–H and O–H groups in total. The van der Waals surface area contributed by atoms with Crippen LogP contribution in [0.3, 0.4) is 0 Å². The number of ether oxygens (including phenoxy) is 2. The van der Waals surface area contributed by atoms with Gasteiger partial charge >= 0.3 is 0 Å². The summed E-state index contributed by atoms with van der Waals surface area (Å²) in [6.07, 6.45) is 122. The summed E-state index contributed by atoms with van der Waals surface area (Å²) >= 11 is 0. The van der Waals surface area contributed by atoms with Crippen LogP contribution in [0.1, 0.15) is 551 Å². The van der Waals surface area contributed by atoms with E-state index in [0.29, 0.717) is 0 Å². The third-order valence-electron chi connectivity index (χ3n) is 26.1. The molecule has 1 atom stereocenters. The second-order valence-electron chi connectivity index (χ2n) is 35.9. The van der Waals surface area contributed by atoms with Crippen molar-refractivity contribution in [1.29, 1.82) is 0 Å². The van der Waals surface area contributed by atoms with Gasteiger partial charge in [-0.1, -0.05) is 531 Å². The largest absolute Gasteiger partial charge is 0.347 e. The van der Waals surface area contributed by atoms with E-state index in [0.717, 1.165) is 45.8 Å². The fourth-order valence-corrected chi connectivity index (χ4v) is 19.1. The number of hydrogen-bond acceptors (Lipinski definition) is 4. The number of hydrogen-bond donors (Lipinski definition) is 1. The van der Waals surface area contributed by atoms with Gasteiger partial charge in [-0.2, -0.15) is 0 Å². The zero-order valence-electron chi connectivity index (χ0n) is 71.2. The highest BCUT2D eigenvalue weighted by Gasteiger charge is 2.55. The quantitative estimate of drug-likeness (QED) is 0.320. The Morgan fingerprint density at radius 3 is 0.644 bits per heavy atom. The van der Waals surface area contributed by atoms with Gasteiger partial charge in [0.2, 0.25) is 0 Å². The summed E-state index contributed by atoms with van der Waals surface area (Å²) in [7, 11) is 0. The topological polar surface area (TPSA) is 33.7 Å². The van der Waals surface area contributed by atoms with Gasteiger partial charge in [0, 0.05) is 24.9 Å². The van der Waals surface area contributed by atoms with E-state index < -0.39 is 5.79 Å². The van der Waals surface area contributed by atoms with Crippen molar-refractivity contribution in [3.8, 4) is 0 Å². The molecule has 0 radical (unpaired) electrons. The molecule has 1 saturated carbocycles. The van der Waals surface area contributed by atoms with Crippen LogP contribution in [-0.2, 0) is 16.0 Å². The molecule has 612 valence electrons. The third-order valence-corrected chi connectivity index (χ3v) is 26.1. The first-order valence-electron chi connectivity index (χ1n) is 49.6. The molecule has 2 saturated heterocycles. The number of rotatable bonds is 2. The summed E-state index contributed by atoms with van der Waals surface area (Å²) in [5.41, 5.74) is 1.46. The summed E-state index contributed by atoms with van der Waals surface area (Å²) in [6.45, 7) is 7.18. The minimum Gasteiger partial charge on any atom is -0.347 e. The van der Waals surface area contributed by atoms with Crippen LogP contribution < -0.4 is 5.32 Å². The van der Waals surface area contributed by atoms with Gasteiger partial charge in [-0.15, -0.1) is 0 Å². The molecule has 3 fully saturated rings. The molecule has 2 aliphatic heterocycles. The van der Waals surface area contributed by atoms with Crippen LogP contribution in [0.4, 0.5) is 0 Å². The lowest BCUT2D eigenvalue weighted by Crippen LogP contribution is -2.55. The Bertz CT molecular complexity index is 1750. The number of benzene rings is 1. The van der Waals surface area contributed by atoms with E-state index in [-0.39, 0.29) is 5.41 Å². The molecule has 1 unspecified atom stereocenters. The fourth-order valence-electron chi connectivity index (χ4n) is 19.1. The Balaban J connectivity index is 1.37. The minimum atomic E-state index is -0.476. The lowest BCUT2D eigenvalue weighted by atomic mass is 9.68. The molecular weight excluding hydrogens is 1260 g/mol. The Labute approximate surface area is 654 Å². The van der Waals surface area contributed by atoms with Crippen LogP contribution in [-0.4, -0.2) is 50.1 Å². The Hall–Kier alpha value is -0.940. The molecule has 4 nitrogen and oxygen atoms in total. The molecule has 4 rings (SSSR count). The predicted molar refractivity (Wildman–Crippen MR) is 464 cm³/mol. The van der Waals surface area contributed by atoms with Crippen LogP contribution in [0.15, 0.2) is 30.3 Å². The van der Waals surface area contributed by atoms with Crippen LogP contribution in [0.25, 0.3) is 0 Å². The SMILES string of the molecule is c1ccc(CN2CCCCNCCCCCCCCCCCCCCCCCCCCCCCCCCCCCCCCCCCCCCCC3(CCCCCCCCCCCCCCCCCCCCCCCCCCCCCCCCCCCCCCCCCCCCCC34OCCO4)C2)cc1. The highest BCUT2D eigenvalue weighted by Crippen LogP contribution is 2.51. The van der Waals surface area contributed by atoms with E-state index in [1.165, 1.54) is 551 Å². The predicted octanol–water partition coefficient (Wildman–Crippen LogP) is 34.0. The standard InChI is InChI=1S/C100H190N2O2/c1-2-4-6-9-13-17-21-25-29-33-37-41-45-49-53-57-61-65-69-73-80-88-99(100(103-94-95-104-100)90-82-75-71-67-63-59-55-51-47-43-39-35-31-27-23-19-15-11-7-5-3-1)89-81-74-70-66-62-58-54-50-46-42-38-34-30-26-22-18-14-10-8-12-16-20-24-28-32-36-40-44-48-52-56-60-64-68-72-76-83-91-101-92-84-85-93-102(97-99)96-98-86-78-77-79-87-98/h77-79,86-87,101H,1-76,80-85,88-97H2. The Kier molecular flexibility index (Phi) is 69.8. The molecule has 3 aliphatic rings. The molecule has 2 heterocycles. The van der Waals surface area contributed by atoms with Gasteiger partial charge < -0.3 is 14.8 Å². The average Bonchev–Trinajstić information content (AvgIpc) is 1.46. The molecule has 0 amide bonds. The second kappa shape index (κ2) is 76.1. The van der Waals surface area contributed by atoms with Crippen molar-refractivity contribution in [2.24, 2.45) is 5.41 Å². The zero-order chi connectivity index (χ0) is 72.9. The number of nitrogens with zero attached hydrogens (tertiary/aromatic N) is 1. The maximum atomic E-state index is 7.38. The summed E-state index contributed by atoms with van der Waals surface area (Å²) < 4.78 is 14.8. The van der Waals surface area contributed by atoms with E-state index in [9.17, 15) is 0 Å². The van der Waals surface area contributed by atoms with Crippen molar-refractivity contribution < 1.29 is 9.47 Å². The van der Waals surface area contributed by atoms with E-state index in [2.05, 4.69) is 40.5 Å². The van der Waals surface area contributed by atoms with Crippen molar-refractivity contribution in [3.63, 3.8) is 0 Å². The normalized spacial score (nSPS) is 25.7. The van der Waals surface area contributed by atoms with E-state index in [1.807, 2.05) is 0 Å². The molecule has 0 bridgehead atoms. The lowest BCUT2D eigenvalue weighted by Gasteiger charge is -2.50. The molecule has 104 heavy (non-hydrogen) atoms. The van der Waals surface area contributed by atoms with Crippen LogP contribution >= 0.6 is 0 Å². The van der Waals surface area contributed by atoms with Gasteiger partial charge in [0.05, 0.1) is 13.2 Å². The zero-order valence-corrected chi connectivity index (χ0v) is 71.2. The highest BCUT2D eigenvalue weighted by molar-refractivity contribution is 5.15. The first kappa shape index (κ1) is 95.4. The van der Waals surface area contributed by atoms with Crippen molar-refractivity contribution in [3.05, 3.63) is 35.9 Å². The third kappa shape index (κ3) is 58.0. The van der Waals surface area contributed by atoms with Crippen molar-refractivity contribution >= 4 is 0 Å². The number of nitrogens with one attached hydrogen (secondary N) is 1. The smallest absolute Gasteiger partial charge is 0.175 e. The first-order valence-corrected chi connectivity index (χ1v) is 49.6. The molecular formula is C100H190N2O2. The van der Waals surface area contributed by atoms with Gasteiger partial charge in [0.15, 0.2) is 5.79 Å². The Morgan fingerprint density at radius 1 is 0.221 bits per heavy atom. The highest BCUT2D eigenvalue weighted by atomic mass is 16.7. The summed E-state index contributed by atoms with van der Waals surface area (Å²) in [4.78, 5) is 2.94. The van der Waals surface area contributed by atoms with Gasteiger partial charge in [0.1, 0.15) is 0 Å².